The molecule has 1 fully saturated rings. The molecule has 3 aromatic carbocycles. The third-order valence-corrected chi connectivity index (χ3v) is 7.67. The summed E-state index contributed by atoms with van der Waals surface area (Å²) in [6.07, 6.45) is 3.11. The van der Waals surface area contributed by atoms with Crippen LogP contribution in [0.2, 0.25) is 5.15 Å². The van der Waals surface area contributed by atoms with Gasteiger partial charge in [0.25, 0.3) is 0 Å². The summed E-state index contributed by atoms with van der Waals surface area (Å²) < 4.78 is 7.50. The lowest BCUT2D eigenvalue weighted by atomic mass is 9.87. The van der Waals surface area contributed by atoms with Crippen LogP contribution in [0.3, 0.4) is 0 Å². The highest BCUT2D eigenvalue weighted by Gasteiger charge is 2.31. The molecule has 1 aliphatic heterocycles. The van der Waals surface area contributed by atoms with Gasteiger partial charge in [-0.05, 0) is 47.0 Å². The minimum Gasteiger partial charge on any atom is -0.385 e. The second-order valence-corrected chi connectivity index (χ2v) is 10.2. The Morgan fingerprint density at radius 3 is 2.53 bits per heavy atom. The van der Waals surface area contributed by atoms with Gasteiger partial charge in [-0.2, -0.15) is 0 Å². The van der Waals surface area contributed by atoms with Crippen LogP contribution < -0.4 is 0 Å². The topological polar surface area (TPSA) is 46.8 Å². The van der Waals surface area contributed by atoms with Crippen molar-refractivity contribution in [1.29, 1.82) is 0 Å². The maximum Gasteiger partial charge on any atom is 0.148 e. The molecule has 1 aliphatic rings. The molecule has 34 heavy (non-hydrogen) atoms. The fourth-order valence-electron chi connectivity index (χ4n) is 4.71. The van der Waals surface area contributed by atoms with Gasteiger partial charge in [0.2, 0.25) is 0 Å². The minimum absolute atomic E-state index is 0.474. The van der Waals surface area contributed by atoms with E-state index in [1.54, 1.807) is 11.8 Å². The van der Waals surface area contributed by atoms with Gasteiger partial charge in [-0.3, -0.25) is 4.40 Å². The molecule has 0 unspecified atom stereocenters. The Kier molecular flexibility index (Phi) is 5.58. The molecule has 5 aromatic rings. The summed E-state index contributed by atoms with van der Waals surface area (Å²) in [6, 6.07) is 27.2. The number of aromatic nitrogens is 2. The van der Waals surface area contributed by atoms with Crippen molar-refractivity contribution >= 4 is 39.9 Å². The summed E-state index contributed by atoms with van der Waals surface area (Å²) in [5.41, 5.74) is 4.29. The lowest BCUT2D eigenvalue weighted by molar-refractivity contribution is -0.0680. The van der Waals surface area contributed by atoms with Gasteiger partial charge in [0.1, 0.15) is 10.8 Å². The number of rotatable bonds is 4. The Bertz CT molecular complexity index is 1490. The third-order valence-electron chi connectivity index (χ3n) is 6.51. The van der Waals surface area contributed by atoms with Crippen molar-refractivity contribution in [3.05, 3.63) is 95.8 Å². The van der Waals surface area contributed by atoms with Crippen LogP contribution in [0.1, 0.15) is 18.4 Å². The van der Waals surface area contributed by atoms with Crippen molar-refractivity contribution < 1.29 is 9.84 Å². The number of nitrogens with zero attached hydrogens (tertiary/aromatic N) is 2. The van der Waals surface area contributed by atoms with Gasteiger partial charge in [0.05, 0.1) is 11.1 Å². The van der Waals surface area contributed by atoms with Crippen molar-refractivity contribution in [3.63, 3.8) is 0 Å². The zero-order chi connectivity index (χ0) is 23.1. The van der Waals surface area contributed by atoms with Crippen molar-refractivity contribution in [2.45, 2.75) is 28.2 Å². The van der Waals surface area contributed by atoms with Crippen molar-refractivity contribution in [3.8, 4) is 11.1 Å². The predicted octanol–water partition coefficient (Wildman–Crippen LogP) is 6.96. The van der Waals surface area contributed by atoms with Gasteiger partial charge in [-0.25, -0.2) is 4.98 Å². The molecule has 3 heterocycles. The standard InChI is InChI=1S/C28H23ClN2O2S/c29-26-18-31-25-16-22(34-21-8-4-7-20(15-21)28(32)11-13-33-14-12-28)9-10-23(25)24(17-27(31)30-26)19-5-2-1-3-6-19/h1-10,15-18,32H,11-14H2. The molecule has 0 aliphatic carbocycles. The van der Waals surface area contributed by atoms with E-state index in [-0.39, 0.29) is 0 Å². The number of fused-ring (bicyclic) bond motifs is 3. The number of hydrogen-bond acceptors (Lipinski definition) is 4. The van der Waals surface area contributed by atoms with Crippen molar-refractivity contribution in [2.24, 2.45) is 0 Å². The number of imidazole rings is 1. The summed E-state index contributed by atoms with van der Waals surface area (Å²) >= 11 is 7.97. The van der Waals surface area contributed by atoms with Gasteiger partial charge < -0.3 is 9.84 Å². The summed E-state index contributed by atoms with van der Waals surface area (Å²) in [5, 5.41) is 12.7. The quantitative estimate of drug-likeness (QED) is 0.298. The number of ether oxygens (including phenoxy) is 1. The van der Waals surface area contributed by atoms with Gasteiger partial charge in [-0.1, -0.05) is 71.9 Å². The summed E-state index contributed by atoms with van der Waals surface area (Å²) in [5.74, 6) is 0. The zero-order valence-electron chi connectivity index (χ0n) is 18.4. The van der Waals surface area contributed by atoms with E-state index in [2.05, 4.69) is 57.9 Å². The Labute approximate surface area is 207 Å². The summed E-state index contributed by atoms with van der Waals surface area (Å²) in [6.45, 7) is 1.18. The maximum absolute atomic E-state index is 11.1. The lowest BCUT2D eigenvalue weighted by Gasteiger charge is -2.32. The van der Waals surface area contributed by atoms with E-state index in [0.717, 1.165) is 43.0 Å². The number of hydrogen-bond donors (Lipinski definition) is 1. The largest absolute Gasteiger partial charge is 0.385 e. The molecule has 0 spiro atoms. The van der Waals surface area contributed by atoms with Crippen LogP contribution in [0.4, 0.5) is 0 Å². The predicted molar refractivity (Wildman–Crippen MR) is 138 cm³/mol. The van der Waals surface area contributed by atoms with Crippen LogP contribution in [-0.4, -0.2) is 27.7 Å². The fraction of sp³-hybridized carbons (Fsp3) is 0.179. The van der Waals surface area contributed by atoms with Crippen LogP contribution in [0.15, 0.2) is 94.9 Å². The summed E-state index contributed by atoms with van der Waals surface area (Å²) in [4.78, 5) is 6.72. The molecule has 1 N–H and O–H groups in total. The van der Waals surface area contributed by atoms with Gasteiger partial charge in [0.15, 0.2) is 0 Å². The minimum atomic E-state index is -0.817. The molecule has 2 aromatic heterocycles. The SMILES string of the molecule is OC1(c2cccc(Sc3ccc4c(-c5ccccc5)cc5nc(Cl)cn5c4c3)c2)CCOCC1. The molecular weight excluding hydrogens is 464 g/mol. The van der Waals surface area contributed by atoms with E-state index in [1.165, 1.54) is 0 Å². The van der Waals surface area contributed by atoms with Crippen molar-refractivity contribution in [2.75, 3.05) is 13.2 Å². The molecular formula is C28H23ClN2O2S. The highest BCUT2D eigenvalue weighted by atomic mass is 35.5. The van der Waals surface area contributed by atoms with Crippen LogP contribution in [0, 0.1) is 0 Å². The normalized spacial score (nSPS) is 15.7. The highest BCUT2D eigenvalue weighted by Crippen LogP contribution is 2.38. The highest BCUT2D eigenvalue weighted by molar-refractivity contribution is 7.99. The Morgan fingerprint density at radius 2 is 1.71 bits per heavy atom. The second-order valence-electron chi connectivity index (χ2n) is 8.67. The Morgan fingerprint density at radius 1 is 0.912 bits per heavy atom. The van der Waals surface area contributed by atoms with Crippen LogP contribution in [0.25, 0.3) is 27.7 Å². The smallest absolute Gasteiger partial charge is 0.148 e. The zero-order valence-corrected chi connectivity index (χ0v) is 20.0. The Hall–Kier alpha value is -2.83. The average molecular weight is 487 g/mol. The van der Waals surface area contributed by atoms with Crippen LogP contribution in [0.5, 0.6) is 0 Å². The van der Waals surface area contributed by atoms with Crippen LogP contribution >= 0.6 is 23.4 Å². The Balaban J connectivity index is 1.42. The number of benzene rings is 3. The van der Waals surface area contributed by atoms with Gasteiger partial charge in [-0.15, -0.1) is 0 Å². The van der Waals surface area contributed by atoms with E-state index < -0.39 is 5.60 Å². The number of halogens is 1. The monoisotopic (exact) mass is 486 g/mol. The maximum atomic E-state index is 11.1. The molecule has 4 nitrogen and oxygen atoms in total. The second kappa shape index (κ2) is 8.75. The molecule has 0 amide bonds. The first kappa shape index (κ1) is 21.7. The molecule has 0 bridgehead atoms. The number of aliphatic hydroxyl groups is 1. The third kappa shape index (κ3) is 3.99. The lowest BCUT2D eigenvalue weighted by Crippen LogP contribution is -2.33. The van der Waals surface area contributed by atoms with Gasteiger partial charge >= 0.3 is 0 Å². The first-order valence-corrected chi connectivity index (χ1v) is 12.5. The molecule has 0 saturated carbocycles. The van der Waals surface area contributed by atoms with Gasteiger partial charge in [0, 0.05) is 47.4 Å². The number of pyridine rings is 1. The fourth-order valence-corrected chi connectivity index (χ4v) is 5.80. The van der Waals surface area contributed by atoms with Crippen molar-refractivity contribution in [1.82, 2.24) is 9.38 Å². The molecule has 1 saturated heterocycles. The molecule has 6 rings (SSSR count). The average Bonchev–Trinajstić information content (AvgIpc) is 3.25. The van der Waals surface area contributed by atoms with E-state index >= 15 is 0 Å². The van der Waals surface area contributed by atoms with E-state index in [9.17, 15) is 5.11 Å². The van der Waals surface area contributed by atoms with E-state index in [1.807, 2.05) is 36.5 Å². The molecule has 170 valence electrons. The van der Waals surface area contributed by atoms with Crippen LogP contribution in [-0.2, 0) is 10.3 Å². The molecule has 6 heteroatoms. The van der Waals surface area contributed by atoms with E-state index in [0.29, 0.717) is 31.2 Å². The molecule has 0 atom stereocenters. The first-order chi connectivity index (χ1) is 16.6. The summed E-state index contributed by atoms with van der Waals surface area (Å²) in [7, 11) is 0. The first-order valence-electron chi connectivity index (χ1n) is 11.3. The van der Waals surface area contributed by atoms with E-state index in [4.69, 9.17) is 16.3 Å². The molecule has 0 radical (unpaired) electrons.